The van der Waals surface area contributed by atoms with E-state index in [1.165, 1.54) is 11.1 Å². The highest BCUT2D eigenvalue weighted by Crippen LogP contribution is 2.34. The van der Waals surface area contributed by atoms with E-state index in [1.807, 2.05) is 24.5 Å². The molecule has 3 N–H and O–H groups in total. The number of H-pyrrole nitrogens is 1. The smallest absolute Gasteiger partial charge is 0.213 e. The van der Waals surface area contributed by atoms with Crippen molar-refractivity contribution in [3.05, 3.63) is 96.4 Å². The molecule has 2 aliphatic carbocycles. The number of ether oxygens (including phenoxy) is 1. The van der Waals surface area contributed by atoms with Crippen molar-refractivity contribution in [2.75, 3.05) is 13.2 Å². The predicted octanol–water partition coefficient (Wildman–Crippen LogP) is 4.53. The maximum absolute atomic E-state index is 13.6. The highest BCUT2D eigenvalue weighted by molar-refractivity contribution is 5.68. The zero-order chi connectivity index (χ0) is 22.1. The molecule has 164 valence electrons. The van der Waals surface area contributed by atoms with Gasteiger partial charge in [-0.15, -0.1) is 0 Å². The average Bonchev–Trinajstić information content (AvgIpc) is 3.33. The minimum absolute atomic E-state index is 0.0201. The number of nitrogens with zero attached hydrogens (tertiary/aromatic N) is 1. The minimum Gasteiger partial charge on any atom is -0.356 e. The summed E-state index contributed by atoms with van der Waals surface area (Å²) in [6, 6.07) is 0. The Morgan fingerprint density at radius 3 is 2.87 bits per heavy atom. The Hall–Kier alpha value is -2.80. The number of halogens is 1. The van der Waals surface area contributed by atoms with Gasteiger partial charge in [0.2, 0.25) is 6.41 Å². The van der Waals surface area contributed by atoms with Gasteiger partial charge in [0.1, 0.15) is 6.17 Å². The summed E-state index contributed by atoms with van der Waals surface area (Å²) in [5, 5.41) is 20.2. The maximum atomic E-state index is 13.6. The SMILES string of the molecule is C=CC=C(C=C)COC(O)NCC(C1=CCC(F)C=C1)C1=CC=C(c2cn[nH]c2)CC1. The normalized spacial score (nSPS) is 21.0. The van der Waals surface area contributed by atoms with Crippen molar-refractivity contribution in [2.24, 2.45) is 5.92 Å². The van der Waals surface area contributed by atoms with Gasteiger partial charge in [-0.3, -0.25) is 10.4 Å². The highest BCUT2D eigenvalue weighted by atomic mass is 19.1. The number of alkyl halides is 1. The summed E-state index contributed by atoms with van der Waals surface area (Å²) in [5.41, 5.74) is 5.44. The molecule has 5 nitrogen and oxygen atoms in total. The molecule has 1 aromatic heterocycles. The van der Waals surface area contributed by atoms with E-state index in [-0.39, 0.29) is 12.5 Å². The molecule has 3 atom stereocenters. The van der Waals surface area contributed by atoms with Crippen molar-refractivity contribution in [1.29, 1.82) is 0 Å². The molecule has 3 rings (SSSR count). The van der Waals surface area contributed by atoms with Gasteiger partial charge in [0.05, 0.1) is 12.8 Å². The summed E-state index contributed by atoms with van der Waals surface area (Å²) >= 11 is 0. The third-order valence-corrected chi connectivity index (χ3v) is 5.48. The number of rotatable bonds is 11. The number of aromatic amines is 1. The first-order valence-corrected chi connectivity index (χ1v) is 10.5. The van der Waals surface area contributed by atoms with E-state index in [0.29, 0.717) is 13.0 Å². The van der Waals surface area contributed by atoms with Gasteiger partial charge in [-0.1, -0.05) is 67.3 Å². The number of aromatic nitrogens is 2. The Kier molecular flexibility index (Phi) is 8.53. The van der Waals surface area contributed by atoms with Crippen LogP contribution in [0.5, 0.6) is 0 Å². The Bertz CT molecular complexity index is 909. The Morgan fingerprint density at radius 2 is 2.26 bits per heavy atom. The largest absolute Gasteiger partial charge is 0.356 e. The molecule has 0 aromatic carbocycles. The molecule has 31 heavy (non-hydrogen) atoms. The first-order valence-electron chi connectivity index (χ1n) is 10.5. The van der Waals surface area contributed by atoms with E-state index in [9.17, 15) is 9.50 Å². The number of aliphatic hydroxyl groups is 1. The molecule has 0 spiro atoms. The van der Waals surface area contributed by atoms with Crippen molar-refractivity contribution in [3.8, 4) is 0 Å². The molecule has 0 bridgehead atoms. The molecular formula is C25H30FN3O2. The molecule has 1 aromatic rings. The third kappa shape index (κ3) is 6.59. The van der Waals surface area contributed by atoms with E-state index in [0.717, 1.165) is 29.6 Å². The van der Waals surface area contributed by atoms with Gasteiger partial charge in [-0.25, -0.2) is 4.39 Å². The molecule has 0 aliphatic heterocycles. The van der Waals surface area contributed by atoms with Crippen molar-refractivity contribution < 1.29 is 14.2 Å². The number of hydrogen-bond acceptors (Lipinski definition) is 4. The summed E-state index contributed by atoms with van der Waals surface area (Å²) in [6.07, 6.45) is 18.6. The average molecular weight is 424 g/mol. The zero-order valence-corrected chi connectivity index (χ0v) is 17.6. The molecular weight excluding hydrogens is 393 g/mol. The number of allylic oxidation sites excluding steroid dienone is 8. The van der Waals surface area contributed by atoms with Crippen LogP contribution in [0.2, 0.25) is 0 Å². The van der Waals surface area contributed by atoms with Crippen LogP contribution >= 0.6 is 0 Å². The molecule has 2 aliphatic rings. The lowest BCUT2D eigenvalue weighted by atomic mass is 9.82. The van der Waals surface area contributed by atoms with Gasteiger partial charge < -0.3 is 9.84 Å². The zero-order valence-electron chi connectivity index (χ0n) is 17.6. The molecule has 0 radical (unpaired) electrons. The number of nitrogens with one attached hydrogen (secondary N) is 2. The second-order valence-corrected chi connectivity index (χ2v) is 7.54. The monoisotopic (exact) mass is 423 g/mol. The van der Waals surface area contributed by atoms with E-state index >= 15 is 0 Å². The van der Waals surface area contributed by atoms with Crippen LogP contribution in [0.15, 0.2) is 90.9 Å². The predicted molar refractivity (Wildman–Crippen MR) is 123 cm³/mol. The fourth-order valence-electron chi connectivity index (χ4n) is 3.72. The second kappa shape index (κ2) is 11.6. The maximum Gasteiger partial charge on any atom is 0.213 e. The van der Waals surface area contributed by atoms with Gasteiger partial charge in [-0.2, -0.15) is 5.10 Å². The quantitative estimate of drug-likeness (QED) is 0.361. The molecule has 0 amide bonds. The van der Waals surface area contributed by atoms with Crippen molar-refractivity contribution in [1.82, 2.24) is 15.5 Å². The molecule has 3 unspecified atom stereocenters. The van der Waals surface area contributed by atoms with E-state index < -0.39 is 12.6 Å². The number of hydrogen-bond donors (Lipinski definition) is 3. The third-order valence-electron chi connectivity index (χ3n) is 5.48. The van der Waals surface area contributed by atoms with Crippen LogP contribution < -0.4 is 5.32 Å². The molecule has 0 fully saturated rings. The molecule has 0 saturated carbocycles. The van der Waals surface area contributed by atoms with Crippen LogP contribution in [-0.2, 0) is 4.74 Å². The lowest BCUT2D eigenvalue weighted by Crippen LogP contribution is -2.37. The summed E-state index contributed by atoms with van der Waals surface area (Å²) < 4.78 is 19.1. The van der Waals surface area contributed by atoms with Gasteiger partial charge in [0.15, 0.2) is 0 Å². The van der Waals surface area contributed by atoms with Gasteiger partial charge >= 0.3 is 0 Å². The standard InChI is InChI=1S/C25H30FN3O2/c1-3-5-18(4-2)17-31-25(30)27-16-24(21-10-12-23(26)13-11-21)20-8-6-19(7-9-20)22-14-28-29-15-22/h3-6,8,10-12,14-15,23-25,27,30H,1-2,7,9,13,16-17H2,(H,28,29). The molecule has 0 saturated heterocycles. The minimum atomic E-state index is -1.13. The summed E-state index contributed by atoms with van der Waals surface area (Å²) in [5.74, 6) is 0.0201. The van der Waals surface area contributed by atoms with Crippen LogP contribution in [0, 0.1) is 5.92 Å². The summed E-state index contributed by atoms with van der Waals surface area (Å²) in [6.45, 7) is 8.07. The van der Waals surface area contributed by atoms with Gasteiger partial charge in [-0.05, 0) is 29.6 Å². The summed E-state index contributed by atoms with van der Waals surface area (Å²) in [7, 11) is 0. The summed E-state index contributed by atoms with van der Waals surface area (Å²) in [4.78, 5) is 0. The van der Waals surface area contributed by atoms with E-state index in [1.54, 1.807) is 24.3 Å². The van der Waals surface area contributed by atoms with Crippen LogP contribution in [0.25, 0.3) is 5.57 Å². The van der Waals surface area contributed by atoms with Crippen molar-refractivity contribution >= 4 is 5.57 Å². The Labute approximate surface area is 183 Å². The van der Waals surface area contributed by atoms with E-state index in [4.69, 9.17) is 4.74 Å². The Morgan fingerprint density at radius 1 is 1.39 bits per heavy atom. The molecule has 1 heterocycles. The van der Waals surface area contributed by atoms with Crippen molar-refractivity contribution in [2.45, 2.75) is 31.8 Å². The second-order valence-electron chi connectivity index (χ2n) is 7.54. The number of aliphatic hydroxyl groups excluding tert-OH is 1. The highest BCUT2D eigenvalue weighted by Gasteiger charge is 2.23. The topological polar surface area (TPSA) is 70.2 Å². The molecule has 6 heteroatoms. The van der Waals surface area contributed by atoms with Gasteiger partial charge in [0.25, 0.3) is 0 Å². The first kappa shape index (κ1) is 22.9. The van der Waals surface area contributed by atoms with Crippen LogP contribution in [0.4, 0.5) is 4.39 Å². The fraction of sp³-hybridized carbons (Fsp3) is 0.320. The lowest BCUT2D eigenvalue weighted by molar-refractivity contribution is -0.112. The van der Waals surface area contributed by atoms with Crippen LogP contribution in [-0.4, -0.2) is 41.0 Å². The fourth-order valence-corrected chi connectivity index (χ4v) is 3.72. The van der Waals surface area contributed by atoms with Gasteiger partial charge in [0, 0.05) is 30.6 Å². The van der Waals surface area contributed by atoms with E-state index in [2.05, 4.69) is 40.8 Å². The van der Waals surface area contributed by atoms with Crippen LogP contribution in [0.1, 0.15) is 24.8 Å². The van der Waals surface area contributed by atoms with Crippen LogP contribution in [0.3, 0.4) is 0 Å². The first-order chi connectivity index (χ1) is 15.1. The van der Waals surface area contributed by atoms with Crippen molar-refractivity contribution in [3.63, 3.8) is 0 Å². The Balaban J connectivity index is 1.68. The lowest BCUT2D eigenvalue weighted by Gasteiger charge is -2.27.